The van der Waals surface area contributed by atoms with E-state index in [-0.39, 0.29) is 13.2 Å². The Hall–Kier alpha value is -1.27. The van der Waals surface area contributed by atoms with E-state index < -0.39 is 13.0 Å². The minimum Gasteiger partial charge on any atom is -0.491 e. The van der Waals surface area contributed by atoms with Crippen molar-refractivity contribution in [3.63, 3.8) is 0 Å². The van der Waals surface area contributed by atoms with Crippen LogP contribution in [-0.4, -0.2) is 31.2 Å². The van der Waals surface area contributed by atoms with Crippen LogP contribution in [-0.2, 0) is 11.2 Å². The van der Waals surface area contributed by atoms with E-state index in [2.05, 4.69) is 4.74 Å². The van der Waals surface area contributed by atoms with Crippen LogP contribution in [0.2, 0.25) is 0 Å². The first-order valence-corrected chi connectivity index (χ1v) is 5.84. The van der Waals surface area contributed by atoms with Crippen molar-refractivity contribution in [3.05, 3.63) is 29.8 Å². The maximum Gasteiger partial charge on any atom is 0.261 e. The Bertz CT molecular complexity index is 371. The fraction of sp³-hybridized carbons (Fsp3) is 0.417. The Balaban J connectivity index is 2.24. The molecule has 0 amide bonds. The molecule has 1 aromatic rings. The first-order chi connectivity index (χ1) is 8.58. The standard InChI is InChI=1S/C12H15F2NO2S/c13-11(14)8-16-5-6-17-10-3-1-9(2-4-10)7-12(15)18/h1-4,11H,5-8H2,(H2,15,18). The summed E-state index contributed by atoms with van der Waals surface area (Å²) in [7, 11) is 0. The lowest BCUT2D eigenvalue weighted by atomic mass is 10.1. The number of halogens is 2. The summed E-state index contributed by atoms with van der Waals surface area (Å²) in [6.07, 6.45) is -1.89. The monoisotopic (exact) mass is 275 g/mol. The van der Waals surface area contributed by atoms with E-state index in [1.165, 1.54) is 0 Å². The molecule has 0 aliphatic rings. The molecule has 0 fully saturated rings. The summed E-state index contributed by atoms with van der Waals surface area (Å²) in [6, 6.07) is 7.27. The zero-order valence-corrected chi connectivity index (χ0v) is 10.6. The van der Waals surface area contributed by atoms with E-state index in [0.717, 1.165) is 5.56 Å². The highest BCUT2D eigenvalue weighted by Crippen LogP contribution is 2.12. The number of thiocarbonyl (C=S) groups is 1. The van der Waals surface area contributed by atoms with Crippen LogP contribution in [0.1, 0.15) is 5.56 Å². The predicted molar refractivity (Wildman–Crippen MR) is 69.2 cm³/mol. The van der Waals surface area contributed by atoms with Crippen molar-refractivity contribution < 1.29 is 18.3 Å². The second-order valence-electron chi connectivity index (χ2n) is 3.60. The zero-order chi connectivity index (χ0) is 13.4. The quantitative estimate of drug-likeness (QED) is 0.583. The predicted octanol–water partition coefficient (Wildman–Crippen LogP) is 2.18. The minimum absolute atomic E-state index is 0.138. The Labute approximate surface area is 110 Å². The van der Waals surface area contributed by atoms with E-state index in [4.69, 9.17) is 22.7 Å². The van der Waals surface area contributed by atoms with Gasteiger partial charge in [0.2, 0.25) is 0 Å². The van der Waals surface area contributed by atoms with Gasteiger partial charge in [-0.05, 0) is 17.7 Å². The van der Waals surface area contributed by atoms with Gasteiger partial charge in [-0.15, -0.1) is 0 Å². The van der Waals surface area contributed by atoms with Gasteiger partial charge in [-0.3, -0.25) is 0 Å². The fourth-order valence-electron chi connectivity index (χ4n) is 1.30. The highest BCUT2D eigenvalue weighted by atomic mass is 32.1. The molecule has 18 heavy (non-hydrogen) atoms. The highest BCUT2D eigenvalue weighted by Gasteiger charge is 2.01. The second-order valence-corrected chi connectivity index (χ2v) is 4.13. The lowest BCUT2D eigenvalue weighted by Crippen LogP contribution is -2.12. The van der Waals surface area contributed by atoms with Gasteiger partial charge in [0.1, 0.15) is 19.0 Å². The maximum absolute atomic E-state index is 11.7. The summed E-state index contributed by atoms with van der Waals surface area (Å²) in [5.74, 6) is 0.655. The van der Waals surface area contributed by atoms with Gasteiger partial charge in [0.25, 0.3) is 6.43 Å². The average Bonchev–Trinajstić information content (AvgIpc) is 2.30. The van der Waals surface area contributed by atoms with Crippen molar-refractivity contribution in [2.24, 2.45) is 5.73 Å². The fourth-order valence-corrected chi connectivity index (χ4v) is 1.46. The molecule has 0 atom stereocenters. The average molecular weight is 275 g/mol. The van der Waals surface area contributed by atoms with Crippen molar-refractivity contribution in [1.29, 1.82) is 0 Å². The van der Waals surface area contributed by atoms with Gasteiger partial charge in [0.15, 0.2) is 0 Å². The number of ether oxygens (including phenoxy) is 2. The molecule has 0 aliphatic carbocycles. The van der Waals surface area contributed by atoms with E-state index in [0.29, 0.717) is 17.2 Å². The molecule has 1 aromatic carbocycles. The van der Waals surface area contributed by atoms with E-state index in [9.17, 15) is 8.78 Å². The Morgan fingerprint density at radius 3 is 2.44 bits per heavy atom. The first-order valence-electron chi connectivity index (χ1n) is 5.44. The number of hydrogen-bond donors (Lipinski definition) is 1. The largest absolute Gasteiger partial charge is 0.491 e. The molecular weight excluding hydrogens is 260 g/mol. The van der Waals surface area contributed by atoms with Crippen LogP contribution in [0.3, 0.4) is 0 Å². The van der Waals surface area contributed by atoms with Gasteiger partial charge in [-0.2, -0.15) is 0 Å². The van der Waals surface area contributed by atoms with Crippen molar-refractivity contribution in [1.82, 2.24) is 0 Å². The van der Waals surface area contributed by atoms with Crippen molar-refractivity contribution in [2.75, 3.05) is 19.8 Å². The summed E-state index contributed by atoms with van der Waals surface area (Å²) >= 11 is 4.80. The van der Waals surface area contributed by atoms with Gasteiger partial charge in [-0.1, -0.05) is 24.4 Å². The number of hydrogen-bond acceptors (Lipinski definition) is 3. The molecule has 0 aromatic heterocycles. The molecule has 0 aliphatic heterocycles. The molecule has 0 heterocycles. The Morgan fingerprint density at radius 2 is 1.89 bits per heavy atom. The van der Waals surface area contributed by atoms with E-state index >= 15 is 0 Å². The van der Waals surface area contributed by atoms with Crippen LogP contribution in [0.4, 0.5) is 8.78 Å². The topological polar surface area (TPSA) is 44.5 Å². The zero-order valence-electron chi connectivity index (χ0n) is 9.77. The molecule has 0 saturated heterocycles. The first kappa shape index (κ1) is 14.8. The number of benzene rings is 1. The third kappa shape index (κ3) is 6.46. The normalized spacial score (nSPS) is 10.6. The number of nitrogens with two attached hydrogens (primary N) is 1. The third-order valence-corrected chi connectivity index (χ3v) is 2.19. The van der Waals surface area contributed by atoms with E-state index in [1.54, 1.807) is 12.1 Å². The Kier molecular flexibility index (Phi) is 6.53. The highest BCUT2D eigenvalue weighted by molar-refractivity contribution is 7.80. The number of rotatable bonds is 8. The molecule has 0 spiro atoms. The van der Waals surface area contributed by atoms with Crippen LogP contribution >= 0.6 is 12.2 Å². The molecule has 0 unspecified atom stereocenters. The SMILES string of the molecule is NC(=S)Cc1ccc(OCCOCC(F)F)cc1. The summed E-state index contributed by atoms with van der Waals surface area (Å²) in [4.78, 5) is 0.434. The van der Waals surface area contributed by atoms with Crippen LogP contribution in [0.25, 0.3) is 0 Å². The molecular formula is C12H15F2NO2S. The molecule has 0 radical (unpaired) electrons. The summed E-state index contributed by atoms with van der Waals surface area (Å²) < 4.78 is 33.5. The van der Waals surface area contributed by atoms with Crippen LogP contribution in [0.15, 0.2) is 24.3 Å². The van der Waals surface area contributed by atoms with E-state index in [1.807, 2.05) is 12.1 Å². The van der Waals surface area contributed by atoms with Crippen molar-refractivity contribution in [3.8, 4) is 5.75 Å². The summed E-state index contributed by atoms with van der Waals surface area (Å²) in [5.41, 5.74) is 6.43. The van der Waals surface area contributed by atoms with Crippen LogP contribution in [0, 0.1) is 0 Å². The lowest BCUT2D eigenvalue weighted by molar-refractivity contribution is 0.00763. The summed E-state index contributed by atoms with van der Waals surface area (Å²) in [6.45, 7) is -0.184. The van der Waals surface area contributed by atoms with Crippen LogP contribution < -0.4 is 10.5 Å². The third-order valence-electron chi connectivity index (χ3n) is 2.04. The molecule has 0 saturated carbocycles. The smallest absolute Gasteiger partial charge is 0.261 e. The second kappa shape index (κ2) is 7.94. The minimum atomic E-state index is -2.44. The van der Waals surface area contributed by atoms with Crippen molar-refractivity contribution in [2.45, 2.75) is 12.8 Å². The molecule has 3 nitrogen and oxygen atoms in total. The van der Waals surface area contributed by atoms with Crippen LogP contribution in [0.5, 0.6) is 5.75 Å². The number of alkyl halides is 2. The van der Waals surface area contributed by atoms with Crippen molar-refractivity contribution >= 4 is 17.2 Å². The molecule has 6 heteroatoms. The van der Waals surface area contributed by atoms with Gasteiger partial charge in [0.05, 0.1) is 11.6 Å². The molecule has 2 N–H and O–H groups in total. The van der Waals surface area contributed by atoms with Gasteiger partial charge < -0.3 is 15.2 Å². The van der Waals surface area contributed by atoms with Gasteiger partial charge in [-0.25, -0.2) is 8.78 Å². The van der Waals surface area contributed by atoms with Gasteiger partial charge in [0, 0.05) is 6.42 Å². The molecule has 100 valence electrons. The molecule has 1 rings (SSSR count). The Morgan fingerprint density at radius 1 is 1.22 bits per heavy atom. The summed E-state index contributed by atoms with van der Waals surface area (Å²) in [5, 5.41) is 0. The lowest BCUT2D eigenvalue weighted by Gasteiger charge is -2.07. The maximum atomic E-state index is 11.7. The van der Waals surface area contributed by atoms with Gasteiger partial charge >= 0.3 is 0 Å². The molecule has 0 bridgehead atoms.